The van der Waals surface area contributed by atoms with Crippen LogP contribution in [0, 0.1) is 0 Å². The molecule has 0 fully saturated rings. The van der Waals surface area contributed by atoms with E-state index >= 15 is 0 Å². The van der Waals surface area contributed by atoms with E-state index in [0.29, 0.717) is 0 Å². The Kier molecular flexibility index (Phi) is 6.64. The van der Waals surface area contributed by atoms with E-state index in [9.17, 15) is 0 Å². The number of aromatic nitrogens is 1. The van der Waals surface area contributed by atoms with E-state index in [1.807, 2.05) is 12.1 Å². The summed E-state index contributed by atoms with van der Waals surface area (Å²) in [4.78, 5) is 5.07. The van der Waals surface area contributed by atoms with Crippen molar-refractivity contribution in [2.75, 3.05) is 0 Å². The van der Waals surface area contributed by atoms with Gasteiger partial charge in [0.25, 0.3) is 0 Å². The average molecular weight is 645 g/mol. The van der Waals surface area contributed by atoms with Gasteiger partial charge in [-0.2, -0.15) is 0 Å². The van der Waals surface area contributed by atoms with E-state index in [4.69, 9.17) is 9.41 Å². The first-order valence-electron chi connectivity index (χ1n) is 17.0. The summed E-state index contributed by atoms with van der Waals surface area (Å²) in [7, 11) is 0. The predicted molar refractivity (Wildman–Crippen MR) is 205 cm³/mol. The fraction of sp³-hybridized carbons (Fsp3) is 0.0444. The van der Waals surface area contributed by atoms with Crippen LogP contribution in [0.15, 0.2) is 179 Å². The Balaban J connectivity index is 1.11. The highest BCUT2D eigenvalue weighted by Crippen LogP contribution is 2.44. The van der Waals surface area contributed by atoms with Gasteiger partial charge in [-0.15, -0.1) is 0 Å². The summed E-state index contributed by atoms with van der Waals surface area (Å²) in [6, 6.07) is 59.6. The Morgan fingerprint density at radius 1 is 0.520 bits per heavy atom. The van der Waals surface area contributed by atoms with E-state index in [-0.39, 0.29) is 12.3 Å². The molecule has 238 valence electrons. The van der Waals surface area contributed by atoms with E-state index in [2.05, 4.69) is 173 Å². The third-order valence-corrected chi connectivity index (χ3v) is 9.89. The molecule has 10 rings (SSSR count). The number of para-hydroxylation sites is 2. The first-order valence-corrected chi connectivity index (χ1v) is 17.0. The molecule has 50 heavy (non-hydrogen) atoms. The number of furan rings is 1. The minimum Gasteiger partial charge on any atom is -0.456 e. The number of rotatable bonds is 5. The molecule has 0 saturated carbocycles. The van der Waals surface area contributed by atoms with Crippen LogP contribution < -0.4 is 10.6 Å². The molecule has 2 N–H and O–H groups in total. The molecule has 2 unspecified atom stereocenters. The molecular formula is C45H32N4O. The molecule has 7 aromatic carbocycles. The molecule has 1 aliphatic rings. The van der Waals surface area contributed by atoms with Crippen molar-refractivity contribution < 1.29 is 4.42 Å². The number of benzene rings is 7. The Hall–Kier alpha value is -6.43. The zero-order chi connectivity index (χ0) is 33.0. The second-order valence-corrected chi connectivity index (χ2v) is 12.8. The summed E-state index contributed by atoms with van der Waals surface area (Å²) < 4.78 is 8.98. The summed E-state index contributed by atoms with van der Waals surface area (Å²) in [6.07, 6.45) is -0.309. The van der Waals surface area contributed by atoms with Crippen molar-refractivity contribution in [3.8, 4) is 16.8 Å². The minimum atomic E-state index is -0.179. The van der Waals surface area contributed by atoms with Crippen molar-refractivity contribution in [1.29, 1.82) is 0 Å². The van der Waals surface area contributed by atoms with Crippen LogP contribution in [0.2, 0.25) is 0 Å². The Bertz CT molecular complexity index is 2690. The fourth-order valence-electron chi connectivity index (χ4n) is 7.58. The van der Waals surface area contributed by atoms with Crippen molar-refractivity contribution in [3.63, 3.8) is 0 Å². The maximum Gasteiger partial charge on any atom is 0.137 e. The summed E-state index contributed by atoms with van der Waals surface area (Å²) in [5.41, 5.74) is 10.8. The predicted octanol–water partition coefficient (Wildman–Crippen LogP) is 10.7. The molecule has 0 saturated heterocycles. The van der Waals surface area contributed by atoms with E-state index in [1.165, 1.54) is 16.3 Å². The summed E-state index contributed by atoms with van der Waals surface area (Å²) in [5, 5.41) is 12.1. The van der Waals surface area contributed by atoms with Crippen molar-refractivity contribution in [2.45, 2.75) is 12.3 Å². The zero-order valence-corrected chi connectivity index (χ0v) is 27.1. The number of hydrogen-bond donors (Lipinski definition) is 2. The average Bonchev–Trinajstić information content (AvgIpc) is 3.75. The molecule has 2 atom stereocenters. The van der Waals surface area contributed by atoms with Crippen LogP contribution in [0.4, 0.5) is 0 Å². The normalized spacial score (nSPS) is 16.2. The summed E-state index contributed by atoms with van der Waals surface area (Å²) in [6.45, 7) is 0. The van der Waals surface area contributed by atoms with Gasteiger partial charge in [-0.1, -0.05) is 133 Å². The van der Waals surface area contributed by atoms with Gasteiger partial charge in [-0.25, -0.2) is 4.99 Å². The second kappa shape index (κ2) is 11.6. The number of nitrogens with zero attached hydrogens (tertiary/aromatic N) is 2. The van der Waals surface area contributed by atoms with Crippen LogP contribution >= 0.6 is 0 Å². The molecule has 0 spiro atoms. The van der Waals surface area contributed by atoms with E-state index in [1.54, 1.807) is 0 Å². The van der Waals surface area contributed by atoms with Gasteiger partial charge in [0.2, 0.25) is 0 Å². The number of aliphatic imine (C=N–C) groups is 1. The largest absolute Gasteiger partial charge is 0.456 e. The van der Waals surface area contributed by atoms with E-state index < -0.39 is 0 Å². The molecule has 0 aliphatic carbocycles. The number of amidine groups is 1. The highest BCUT2D eigenvalue weighted by Gasteiger charge is 2.26. The number of hydrogen-bond acceptors (Lipinski definition) is 4. The van der Waals surface area contributed by atoms with Gasteiger partial charge in [0.05, 0.1) is 16.4 Å². The van der Waals surface area contributed by atoms with Crippen molar-refractivity contribution in [3.05, 3.63) is 187 Å². The molecule has 0 amide bonds. The number of fused-ring (bicyclic) bond motifs is 7. The quantitative estimate of drug-likeness (QED) is 0.196. The highest BCUT2D eigenvalue weighted by atomic mass is 16.3. The molecule has 0 bridgehead atoms. The zero-order valence-electron chi connectivity index (χ0n) is 27.1. The first kappa shape index (κ1) is 28.6. The smallest absolute Gasteiger partial charge is 0.137 e. The van der Waals surface area contributed by atoms with Gasteiger partial charge in [0.15, 0.2) is 0 Å². The maximum atomic E-state index is 6.59. The van der Waals surface area contributed by atoms with Gasteiger partial charge >= 0.3 is 0 Å². The maximum absolute atomic E-state index is 6.59. The Labute approximate surface area is 289 Å². The third kappa shape index (κ3) is 4.63. The lowest BCUT2D eigenvalue weighted by Gasteiger charge is -2.32. The lowest BCUT2D eigenvalue weighted by atomic mass is 9.97. The van der Waals surface area contributed by atoms with Crippen molar-refractivity contribution in [2.24, 2.45) is 4.99 Å². The van der Waals surface area contributed by atoms with E-state index in [0.717, 1.165) is 66.8 Å². The van der Waals surface area contributed by atoms with Gasteiger partial charge in [-0.05, 0) is 58.7 Å². The van der Waals surface area contributed by atoms with Crippen LogP contribution in [0.1, 0.15) is 29.0 Å². The third-order valence-electron chi connectivity index (χ3n) is 9.89. The lowest BCUT2D eigenvalue weighted by molar-refractivity contribution is 0.409. The van der Waals surface area contributed by atoms with Crippen LogP contribution in [0.25, 0.3) is 60.6 Å². The van der Waals surface area contributed by atoms with Crippen LogP contribution in [0.5, 0.6) is 0 Å². The number of nitrogens with one attached hydrogen (secondary N) is 2. The van der Waals surface area contributed by atoms with Crippen LogP contribution in [0.3, 0.4) is 0 Å². The molecule has 1 aliphatic heterocycles. The molecule has 5 heteroatoms. The SMILES string of the molecule is c1ccc(C2=NC(c3ccccc3)NC(c3ccc(-c4cccc5oc6ccc7c8ccccc8n(-c8ccccc8)c7c6c45)cc3)N2)cc1. The van der Waals surface area contributed by atoms with Gasteiger partial charge < -0.3 is 14.3 Å². The molecule has 2 aromatic heterocycles. The Morgan fingerprint density at radius 3 is 2.02 bits per heavy atom. The topological polar surface area (TPSA) is 54.5 Å². The van der Waals surface area contributed by atoms with Gasteiger partial charge in [0.1, 0.15) is 29.3 Å². The van der Waals surface area contributed by atoms with Gasteiger partial charge in [0, 0.05) is 27.4 Å². The molecule has 3 heterocycles. The monoisotopic (exact) mass is 644 g/mol. The van der Waals surface area contributed by atoms with Crippen LogP contribution in [-0.2, 0) is 0 Å². The first-order chi connectivity index (χ1) is 24.8. The Morgan fingerprint density at radius 2 is 1.22 bits per heavy atom. The van der Waals surface area contributed by atoms with Crippen molar-refractivity contribution >= 4 is 49.6 Å². The molecular weight excluding hydrogens is 613 g/mol. The minimum absolute atomic E-state index is 0.131. The fourth-order valence-corrected chi connectivity index (χ4v) is 7.58. The lowest BCUT2D eigenvalue weighted by Crippen LogP contribution is -2.44. The van der Waals surface area contributed by atoms with Crippen LogP contribution in [-0.4, -0.2) is 10.4 Å². The second-order valence-electron chi connectivity index (χ2n) is 12.8. The molecule has 0 radical (unpaired) electrons. The highest BCUT2D eigenvalue weighted by molar-refractivity contribution is 6.26. The standard InChI is InChI=1S/C45H32N4O/c1-4-13-30(14-5-1)43-46-44(31-15-6-2-7-16-31)48-45(47-43)32-25-23-29(24-26-32)34-20-12-22-38-40(34)41-39(50-38)28-27-36-35-19-10-11-21-37(35)49(42(36)41)33-17-8-3-9-18-33/h1-28,43,45,47H,(H,46,48). The van der Waals surface area contributed by atoms with Gasteiger partial charge in [-0.3, -0.25) is 5.32 Å². The molecule has 9 aromatic rings. The van der Waals surface area contributed by atoms with Crippen molar-refractivity contribution in [1.82, 2.24) is 15.2 Å². The summed E-state index contributed by atoms with van der Waals surface area (Å²) in [5.74, 6) is 0.875. The molecule has 5 nitrogen and oxygen atoms in total. The summed E-state index contributed by atoms with van der Waals surface area (Å²) >= 11 is 0.